The molecule has 2 rings (SSSR count). The van der Waals surface area contributed by atoms with Gasteiger partial charge in [-0.15, -0.1) is 4.28 Å². The molecule has 2 aromatic rings. The normalized spacial score (nSPS) is 11.1. The van der Waals surface area contributed by atoms with E-state index in [9.17, 15) is 8.42 Å². The van der Waals surface area contributed by atoms with E-state index < -0.39 is 10.1 Å². The lowest BCUT2D eigenvalue weighted by Crippen LogP contribution is -2.48. The number of aromatic nitrogens is 4. The fourth-order valence-corrected chi connectivity index (χ4v) is 1.47. The topological polar surface area (TPSA) is 85.9 Å². The lowest BCUT2D eigenvalue weighted by atomic mass is 10.3. The van der Waals surface area contributed by atoms with E-state index in [1.54, 1.807) is 24.5 Å². The Balaban J connectivity index is 2.25. The second kappa shape index (κ2) is 4.42. The number of rotatable bonds is 3. The van der Waals surface area contributed by atoms with E-state index >= 15 is 0 Å². The lowest BCUT2D eigenvalue weighted by molar-refractivity contribution is -0.903. The van der Waals surface area contributed by atoms with Gasteiger partial charge in [0, 0.05) is 29.1 Å². The Bertz CT molecular complexity index is 598. The third kappa shape index (κ3) is 3.18. The maximum absolute atomic E-state index is 10.8. The van der Waals surface area contributed by atoms with Crippen molar-refractivity contribution in [2.75, 3.05) is 6.26 Å². The Hall–Kier alpha value is -2.09. The summed E-state index contributed by atoms with van der Waals surface area (Å²) in [4.78, 5) is 8.92. The molecule has 0 aliphatic carbocycles. The summed E-state index contributed by atoms with van der Waals surface area (Å²) in [7, 11) is -3.59. The average molecular weight is 253 g/mol. The molecular weight excluding hydrogens is 244 g/mol. The SMILES string of the molecule is CS(=O)(=O)O[n+]1ccc(-c2ncccn2)cn1. The molecule has 8 heteroatoms. The van der Waals surface area contributed by atoms with Gasteiger partial charge in [0.15, 0.2) is 5.82 Å². The van der Waals surface area contributed by atoms with Crippen molar-refractivity contribution in [3.05, 3.63) is 36.9 Å². The maximum Gasteiger partial charge on any atom is 0.367 e. The highest BCUT2D eigenvalue weighted by Gasteiger charge is 2.13. The largest absolute Gasteiger partial charge is 0.367 e. The minimum absolute atomic E-state index is 0.506. The first-order valence-electron chi connectivity index (χ1n) is 4.60. The second-order valence-electron chi connectivity index (χ2n) is 3.17. The van der Waals surface area contributed by atoms with Crippen LogP contribution < -0.4 is 9.13 Å². The minimum Gasteiger partial charge on any atom is -0.237 e. The molecule has 88 valence electrons. The van der Waals surface area contributed by atoms with E-state index in [1.165, 1.54) is 12.4 Å². The molecule has 0 saturated carbocycles. The van der Waals surface area contributed by atoms with Crippen LogP contribution in [-0.2, 0) is 10.1 Å². The van der Waals surface area contributed by atoms with Crippen LogP contribution in [0, 0.1) is 0 Å². The number of nitrogens with zero attached hydrogens (tertiary/aromatic N) is 4. The molecule has 0 unspecified atom stereocenters. The Kier molecular flexibility index (Phi) is 2.96. The first kappa shape index (κ1) is 11.4. The Morgan fingerprint density at radius 3 is 2.53 bits per heavy atom. The van der Waals surface area contributed by atoms with Crippen molar-refractivity contribution in [3.8, 4) is 11.4 Å². The highest BCUT2D eigenvalue weighted by atomic mass is 32.2. The molecule has 7 nitrogen and oxygen atoms in total. The van der Waals surface area contributed by atoms with Gasteiger partial charge in [-0.25, -0.2) is 9.97 Å². The Morgan fingerprint density at radius 1 is 1.29 bits per heavy atom. The van der Waals surface area contributed by atoms with Crippen LogP contribution in [0.3, 0.4) is 0 Å². The van der Waals surface area contributed by atoms with Gasteiger partial charge in [-0.2, -0.15) is 8.42 Å². The van der Waals surface area contributed by atoms with Crippen molar-refractivity contribution in [1.82, 2.24) is 15.1 Å². The second-order valence-corrected chi connectivity index (χ2v) is 4.73. The molecule has 0 radical (unpaired) electrons. The van der Waals surface area contributed by atoms with Gasteiger partial charge in [-0.1, -0.05) is 0 Å². The van der Waals surface area contributed by atoms with Crippen LogP contribution in [0.2, 0.25) is 0 Å². The third-order valence-corrected chi connectivity index (χ3v) is 2.15. The first-order valence-corrected chi connectivity index (χ1v) is 6.41. The van der Waals surface area contributed by atoms with Crippen LogP contribution in [0.25, 0.3) is 11.4 Å². The summed E-state index contributed by atoms with van der Waals surface area (Å²) in [5.74, 6) is 0.506. The molecule has 0 spiro atoms. The summed E-state index contributed by atoms with van der Waals surface area (Å²) in [6, 6.07) is 3.31. The zero-order valence-electron chi connectivity index (χ0n) is 8.89. The highest BCUT2D eigenvalue weighted by molar-refractivity contribution is 7.86. The van der Waals surface area contributed by atoms with Gasteiger partial charge < -0.3 is 0 Å². The minimum atomic E-state index is -3.59. The van der Waals surface area contributed by atoms with Gasteiger partial charge in [0.25, 0.3) is 6.20 Å². The highest BCUT2D eigenvalue weighted by Crippen LogP contribution is 2.08. The van der Waals surface area contributed by atoms with Gasteiger partial charge in [-0.3, -0.25) is 0 Å². The van der Waals surface area contributed by atoms with Crippen LogP contribution >= 0.6 is 0 Å². The molecule has 0 fully saturated rings. The van der Waals surface area contributed by atoms with Crippen molar-refractivity contribution >= 4 is 10.1 Å². The molecule has 2 heterocycles. The Labute approximate surface area is 97.8 Å². The van der Waals surface area contributed by atoms with Crippen molar-refractivity contribution < 1.29 is 17.5 Å². The summed E-state index contributed by atoms with van der Waals surface area (Å²) in [6.45, 7) is 0. The summed E-state index contributed by atoms with van der Waals surface area (Å²) in [6.07, 6.45) is 6.94. The van der Waals surface area contributed by atoms with Gasteiger partial charge in [0.05, 0.1) is 6.26 Å². The molecule has 2 aromatic heterocycles. The van der Waals surface area contributed by atoms with E-state index in [1.807, 2.05) is 0 Å². The molecule has 0 amide bonds. The van der Waals surface area contributed by atoms with Crippen LogP contribution in [0.1, 0.15) is 0 Å². The first-order chi connectivity index (χ1) is 8.04. The molecule has 17 heavy (non-hydrogen) atoms. The van der Waals surface area contributed by atoms with E-state index in [0.29, 0.717) is 11.4 Å². The van der Waals surface area contributed by atoms with E-state index in [2.05, 4.69) is 19.4 Å². The van der Waals surface area contributed by atoms with E-state index in [0.717, 1.165) is 11.1 Å². The summed E-state index contributed by atoms with van der Waals surface area (Å²) < 4.78 is 26.2. The summed E-state index contributed by atoms with van der Waals surface area (Å²) >= 11 is 0. The van der Waals surface area contributed by atoms with E-state index in [-0.39, 0.29) is 0 Å². The molecule has 0 aromatic carbocycles. The standard InChI is InChI=1S/C9H9N4O3S/c1-17(14,15)16-13-6-3-8(7-12-13)9-10-4-2-5-11-9/h2-7H,1H3/q+1. The van der Waals surface area contributed by atoms with Crippen LogP contribution in [-0.4, -0.2) is 29.7 Å². The van der Waals surface area contributed by atoms with Gasteiger partial charge >= 0.3 is 10.1 Å². The fourth-order valence-electron chi connectivity index (χ4n) is 1.11. The zero-order valence-corrected chi connectivity index (χ0v) is 9.70. The Morgan fingerprint density at radius 2 is 2.00 bits per heavy atom. The van der Waals surface area contributed by atoms with Crippen LogP contribution in [0.5, 0.6) is 0 Å². The van der Waals surface area contributed by atoms with Crippen molar-refractivity contribution in [3.63, 3.8) is 0 Å². The zero-order chi connectivity index (χ0) is 12.3. The molecule has 0 atom stereocenters. The van der Waals surface area contributed by atoms with E-state index in [4.69, 9.17) is 0 Å². The molecule has 0 aliphatic rings. The third-order valence-electron chi connectivity index (χ3n) is 1.73. The summed E-state index contributed by atoms with van der Waals surface area (Å²) in [5.41, 5.74) is 0.666. The monoisotopic (exact) mass is 253 g/mol. The molecule has 0 saturated heterocycles. The van der Waals surface area contributed by atoms with Crippen molar-refractivity contribution in [2.45, 2.75) is 0 Å². The van der Waals surface area contributed by atoms with Gasteiger partial charge in [-0.05, 0) is 6.07 Å². The predicted octanol–water partition coefficient (Wildman–Crippen LogP) is -0.786. The quantitative estimate of drug-likeness (QED) is 0.667. The van der Waals surface area contributed by atoms with Crippen LogP contribution in [0.4, 0.5) is 0 Å². The maximum atomic E-state index is 10.8. The number of hydrogen-bond donors (Lipinski definition) is 0. The lowest BCUT2D eigenvalue weighted by Gasteiger charge is -1.95. The molecule has 0 bridgehead atoms. The van der Waals surface area contributed by atoms with Crippen LogP contribution in [0.15, 0.2) is 36.9 Å². The average Bonchev–Trinajstić information content (AvgIpc) is 2.29. The molecule has 0 aliphatic heterocycles. The smallest absolute Gasteiger partial charge is 0.237 e. The predicted molar refractivity (Wildman–Crippen MR) is 56.9 cm³/mol. The van der Waals surface area contributed by atoms with Gasteiger partial charge in [0.1, 0.15) is 11.0 Å². The summed E-state index contributed by atoms with van der Waals surface area (Å²) in [5, 5.41) is 3.78. The number of hydrogen-bond acceptors (Lipinski definition) is 6. The van der Waals surface area contributed by atoms with Gasteiger partial charge in [0.2, 0.25) is 0 Å². The molecular formula is C9H9N4O3S+. The van der Waals surface area contributed by atoms with Crippen molar-refractivity contribution in [2.24, 2.45) is 0 Å². The fraction of sp³-hybridized carbons (Fsp3) is 0.111. The van der Waals surface area contributed by atoms with Crippen molar-refractivity contribution in [1.29, 1.82) is 0 Å². The molecule has 0 N–H and O–H groups in total.